The molecule has 1 amide bonds. The standard InChI is InChI=1S/C22H22F2N4O/c1-3-28(4-2)17-11-8-15(9-12-17)27-22(29)20-13-10-16(14-25-20)26-21-18(23)6-5-7-19(21)24/h5-14,26H,3-4H2,1-2H3,(H,27,29). The maximum Gasteiger partial charge on any atom is 0.274 e. The van der Waals surface area contributed by atoms with Crippen molar-refractivity contribution in [2.24, 2.45) is 0 Å². The summed E-state index contributed by atoms with van der Waals surface area (Å²) < 4.78 is 27.4. The molecular weight excluding hydrogens is 374 g/mol. The fourth-order valence-electron chi connectivity index (χ4n) is 2.90. The second kappa shape index (κ2) is 9.14. The van der Waals surface area contributed by atoms with E-state index in [2.05, 4.69) is 34.4 Å². The van der Waals surface area contributed by atoms with Crippen LogP contribution in [0, 0.1) is 11.6 Å². The molecule has 0 atom stereocenters. The van der Waals surface area contributed by atoms with Crippen molar-refractivity contribution in [2.75, 3.05) is 28.6 Å². The number of anilines is 4. The van der Waals surface area contributed by atoms with E-state index in [1.165, 1.54) is 24.4 Å². The monoisotopic (exact) mass is 396 g/mol. The average Bonchev–Trinajstić information content (AvgIpc) is 2.73. The number of halogens is 2. The van der Waals surface area contributed by atoms with Crippen LogP contribution >= 0.6 is 0 Å². The predicted molar refractivity (Wildman–Crippen MR) is 112 cm³/mol. The van der Waals surface area contributed by atoms with E-state index in [1.54, 1.807) is 0 Å². The second-order valence-corrected chi connectivity index (χ2v) is 6.33. The first-order chi connectivity index (χ1) is 14.0. The number of hydrogen-bond donors (Lipinski definition) is 2. The third kappa shape index (κ3) is 4.87. The number of amides is 1. The number of benzene rings is 2. The van der Waals surface area contributed by atoms with Crippen molar-refractivity contribution >= 4 is 28.7 Å². The Bertz CT molecular complexity index is 951. The Kier molecular flexibility index (Phi) is 6.39. The first-order valence-corrected chi connectivity index (χ1v) is 9.35. The van der Waals surface area contributed by atoms with Gasteiger partial charge in [0.15, 0.2) is 0 Å². The van der Waals surface area contributed by atoms with Crippen LogP contribution in [0.15, 0.2) is 60.8 Å². The Labute approximate surface area is 168 Å². The average molecular weight is 396 g/mol. The summed E-state index contributed by atoms with van der Waals surface area (Å²) in [6.07, 6.45) is 1.35. The van der Waals surface area contributed by atoms with E-state index in [-0.39, 0.29) is 17.3 Å². The summed E-state index contributed by atoms with van der Waals surface area (Å²) in [5, 5.41) is 5.42. The Hall–Kier alpha value is -3.48. The van der Waals surface area contributed by atoms with Crippen LogP contribution in [0.4, 0.5) is 31.5 Å². The highest BCUT2D eigenvalue weighted by molar-refractivity contribution is 6.03. The fraction of sp³-hybridized carbons (Fsp3) is 0.182. The van der Waals surface area contributed by atoms with Crippen molar-refractivity contribution in [3.8, 4) is 0 Å². The molecule has 29 heavy (non-hydrogen) atoms. The summed E-state index contributed by atoms with van der Waals surface area (Å²) in [5.41, 5.74) is 2.04. The molecule has 0 saturated heterocycles. The van der Waals surface area contributed by atoms with Crippen LogP contribution in [0.1, 0.15) is 24.3 Å². The predicted octanol–water partition coefficient (Wildman–Crippen LogP) is 5.20. The van der Waals surface area contributed by atoms with Gasteiger partial charge in [-0.05, 0) is 62.4 Å². The Morgan fingerprint density at radius 1 is 0.931 bits per heavy atom. The van der Waals surface area contributed by atoms with E-state index in [4.69, 9.17) is 0 Å². The molecule has 0 aliphatic heterocycles. The molecule has 0 radical (unpaired) electrons. The van der Waals surface area contributed by atoms with Gasteiger partial charge >= 0.3 is 0 Å². The number of aromatic nitrogens is 1. The smallest absolute Gasteiger partial charge is 0.274 e. The summed E-state index contributed by atoms with van der Waals surface area (Å²) in [7, 11) is 0. The van der Waals surface area contributed by atoms with Crippen molar-refractivity contribution < 1.29 is 13.6 Å². The molecule has 2 N–H and O–H groups in total. The molecule has 5 nitrogen and oxygen atoms in total. The SMILES string of the molecule is CCN(CC)c1ccc(NC(=O)c2ccc(Nc3c(F)cccc3F)cn2)cc1. The fourth-order valence-corrected chi connectivity index (χ4v) is 2.90. The molecule has 3 aromatic rings. The third-order valence-electron chi connectivity index (χ3n) is 4.48. The van der Waals surface area contributed by atoms with Gasteiger partial charge in [-0.1, -0.05) is 6.07 Å². The summed E-state index contributed by atoms with van der Waals surface area (Å²) >= 11 is 0. The second-order valence-electron chi connectivity index (χ2n) is 6.33. The zero-order chi connectivity index (χ0) is 20.8. The van der Waals surface area contributed by atoms with Crippen molar-refractivity contribution in [2.45, 2.75) is 13.8 Å². The number of carbonyl (C=O) groups excluding carboxylic acids is 1. The number of para-hydroxylation sites is 1. The molecular formula is C22H22F2N4O. The quantitative estimate of drug-likeness (QED) is 0.576. The van der Waals surface area contributed by atoms with Crippen molar-refractivity contribution in [3.05, 3.63) is 78.1 Å². The molecule has 0 aliphatic carbocycles. The summed E-state index contributed by atoms with van der Waals surface area (Å²) in [4.78, 5) is 18.7. The van der Waals surface area contributed by atoms with Crippen LogP contribution in [0.25, 0.3) is 0 Å². The van der Waals surface area contributed by atoms with Gasteiger partial charge < -0.3 is 15.5 Å². The minimum Gasteiger partial charge on any atom is -0.372 e. The molecule has 1 aromatic heterocycles. The van der Waals surface area contributed by atoms with E-state index in [1.807, 2.05) is 24.3 Å². The number of nitrogens with zero attached hydrogens (tertiary/aromatic N) is 2. The van der Waals surface area contributed by atoms with Gasteiger partial charge in [0.05, 0.1) is 11.9 Å². The zero-order valence-corrected chi connectivity index (χ0v) is 16.2. The van der Waals surface area contributed by atoms with Gasteiger partial charge in [-0.25, -0.2) is 13.8 Å². The van der Waals surface area contributed by atoms with Crippen LogP contribution in [0.5, 0.6) is 0 Å². The third-order valence-corrected chi connectivity index (χ3v) is 4.48. The van der Waals surface area contributed by atoms with Gasteiger partial charge in [0.1, 0.15) is 23.0 Å². The highest BCUT2D eigenvalue weighted by Crippen LogP contribution is 2.23. The van der Waals surface area contributed by atoms with Crippen LogP contribution < -0.4 is 15.5 Å². The molecule has 3 rings (SSSR count). The maximum absolute atomic E-state index is 13.7. The van der Waals surface area contributed by atoms with E-state index < -0.39 is 11.6 Å². The van der Waals surface area contributed by atoms with Crippen LogP contribution in [-0.2, 0) is 0 Å². The Morgan fingerprint density at radius 3 is 2.10 bits per heavy atom. The topological polar surface area (TPSA) is 57.3 Å². The number of hydrogen-bond acceptors (Lipinski definition) is 4. The van der Waals surface area contributed by atoms with Crippen molar-refractivity contribution in [1.29, 1.82) is 0 Å². The summed E-state index contributed by atoms with van der Waals surface area (Å²) in [6.45, 7) is 5.99. The number of nitrogens with one attached hydrogen (secondary N) is 2. The van der Waals surface area contributed by atoms with E-state index in [9.17, 15) is 13.6 Å². The van der Waals surface area contributed by atoms with Gasteiger partial charge in [0.2, 0.25) is 0 Å². The molecule has 7 heteroatoms. The minimum absolute atomic E-state index is 0.192. The molecule has 0 unspecified atom stereocenters. The molecule has 150 valence electrons. The lowest BCUT2D eigenvalue weighted by Crippen LogP contribution is -2.21. The van der Waals surface area contributed by atoms with Crippen molar-refractivity contribution in [3.63, 3.8) is 0 Å². The molecule has 1 heterocycles. The highest BCUT2D eigenvalue weighted by atomic mass is 19.1. The Balaban J connectivity index is 1.66. The van der Waals surface area contributed by atoms with Gasteiger partial charge in [-0.2, -0.15) is 0 Å². The summed E-state index contributed by atoms with van der Waals surface area (Å²) in [6, 6.07) is 14.2. The summed E-state index contributed by atoms with van der Waals surface area (Å²) in [5.74, 6) is -1.79. The van der Waals surface area contributed by atoms with Gasteiger partial charge in [-0.3, -0.25) is 4.79 Å². The lowest BCUT2D eigenvalue weighted by molar-refractivity contribution is 0.102. The lowest BCUT2D eigenvalue weighted by Gasteiger charge is -2.21. The maximum atomic E-state index is 13.7. The van der Waals surface area contributed by atoms with Crippen LogP contribution in [0.2, 0.25) is 0 Å². The van der Waals surface area contributed by atoms with Gasteiger partial charge in [0.25, 0.3) is 5.91 Å². The lowest BCUT2D eigenvalue weighted by atomic mass is 10.2. The van der Waals surface area contributed by atoms with E-state index in [0.717, 1.165) is 30.9 Å². The highest BCUT2D eigenvalue weighted by Gasteiger charge is 2.11. The molecule has 0 spiro atoms. The molecule has 2 aromatic carbocycles. The zero-order valence-electron chi connectivity index (χ0n) is 16.2. The Morgan fingerprint density at radius 2 is 1.55 bits per heavy atom. The van der Waals surface area contributed by atoms with Crippen LogP contribution in [-0.4, -0.2) is 24.0 Å². The van der Waals surface area contributed by atoms with E-state index >= 15 is 0 Å². The number of rotatable bonds is 7. The van der Waals surface area contributed by atoms with Gasteiger partial charge in [-0.15, -0.1) is 0 Å². The molecule has 0 aliphatic rings. The first-order valence-electron chi connectivity index (χ1n) is 9.35. The largest absolute Gasteiger partial charge is 0.372 e. The normalized spacial score (nSPS) is 10.5. The van der Waals surface area contributed by atoms with Gasteiger partial charge in [0, 0.05) is 24.5 Å². The molecule has 0 fully saturated rings. The minimum atomic E-state index is -0.708. The number of pyridine rings is 1. The van der Waals surface area contributed by atoms with Crippen molar-refractivity contribution in [1.82, 2.24) is 4.98 Å². The van der Waals surface area contributed by atoms with Crippen LogP contribution in [0.3, 0.4) is 0 Å². The molecule has 0 saturated carbocycles. The van der Waals surface area contributed by atoms with E-state index in [0.29, 0.717) is 11.4 Å². The first kappa shape index (κ1) is 20.3. The molecule has 0 bridgehead atoms. The number of carbonyl (C=O) groups is 1.